The fourth-order valence-corrected chi connectivity index (χ4v) is 4.99. The van der Waals surface area contributed by atoms with Crippen molar-refractivity contribution in [3.8, 4) is 6.07 Å². The monoisotopic (exact) mass is 378 g/mol. The van der Waals surface area contributed by atoms with E-state index in [4.69, 9.17) is 16.9 Å². The van der Waals surface area contributed by atoms with Gasteiger partial charge < -0.3 is 5.32 Å². The number of aromatic nitrogens is 1. The molecule has 1 aromatic carbocycles. The third-order valence-electron chi connectivity index (χ3n) is 4.07. The van der Waals surface area contributed by atoms with Crippen LogP contribution in [0.25, 0.3) is 10.8 Å². The first-order chi connectivity index (χ1) is 11.9. The summed E-state index contributed by atoms with van der Waals surface area (Å²) in [5, 5.41) is 12.6. The highest BCUT2D eigenvalue weighted by Crippen LogP contribution is 2.32. The quantitative estimate of drug-likeness (QED) is 0.871. The van der Waals surface area contributed by atoms with E-state index >= 15 is 0 Å². The van der Waals surface area contributed by atoms with E-state index in [9.17, 15) is 13.2 Å². The molecule has 1 amide bonds. The molecule has 2 aromatic rings. The Balaban J connectivity index is 1.89. The lowest BCUT2D eigenvalue weighted by Gasteiger charge is -2.18. The molecule has 1 N–H and O–H groups in total. The Morgan fingerprint density at radius 3 is 3.00 bits per heavy atom. The van der Waals surface area contributed by atoms with Crippen LogP contribution in [-0.4, -0.2) is 42.7 Å². The zero-order chi connectivity index (χ0) is 18.0. The number of pyridine rings is 1. The topological polar surface area (TPSA) is 103 Å². The summed E-state index contributed by atoms with van der Waals surface area (Å²) in [6, 6.07) is 6.39. The van der Waals surface area contributed by atoms with Crippen molar-refractivity contribution < 1.29 is 13.2 Å². The third-order valence-corrected chi connectivity index (χ3v) is 6.27. The van der Waals surface area contributed by atoms with Crippen LogP contribution in [0, 0.1) is 11.3 Å². The molecule has 0 bridgehead atoms. The molecular weight excluding hydrogens is 364 g/mol. The molecule has 0 saturated carbocycles. The number of nitrogens with one attached hydrogen (secondary N) is 1. The van der Waals surface area contributed by atoms with Gasteiger partial charge in [0.2, 0.25) is 15.9 Å². The number of nitrogens with zero attached hydrogens (tertiary/aromatic N) is 3. The first-order valence-corrected chi connectivity index (χ1v) is 9.44. The van der Waals surface area contributed by atoms with E-state index in [1.807, 2.05) is 0 Å². The van der Waals surface area contributed by atoms with Crippen molar-refractivity contribution in [3.05, 3.63) is 35.6 Å². The zero-order valence-corrected chi connectivity index (χ0v) is 14.7. The molecule has 1 aromatic heterocycles. The number of nitriles is 1. The van der Waals surface area contributed by atoms with Gasteiger partial charge >= 0.3 is 0 Å². The minimum atomic E-state index is -3.76. The number of carbonyl (C=O) groups is 1. The first-order valence-electron chi connectivity index (χ1n) is 7.62. The van der Waals surface area contributed by atoms with Crippen molar-refractivity contribution >= 4 is 38.3 Å². The predicted octanol–water partition coefficient (Wildman–Crippen LogP) is 1.68. The van der Waals surface area contributed by atoms with Gasteiger partial charge in [0, 0.05) is 42.3 Å². The van der Waals surface area contributed by atoms with Crippen molar-refractivity contribution in [1.29, 1.82) is 5.26 Å². The van der Waals surface area contributed by atoms with Crippen LogP contribution in [0.5, 0.6) is 0 Å². The van der Waals surface area contributed by atoms with E-state index in [0.29, 0.717) is 23.7 Å². The Morgan fingerprint density at radius 2 is 2.24 bits per heavy atom. The predicted molar refractivity (Wildman–Crippen MR) is 92.3 cm³/mol. The molecule has 0 unspecified atom stereocenters. The van der Waals surface area contributed by atoms with E-state index in [1.54, 1.807) is 24.4 Å². The molecule has 0 radical (unpaired) electrons. The normalized spacial score (nSPS) is 18.2. The van der Waals surface area contributed by atoms with Gasteiger partial charge in [0.25, 0.3) is 0 Å². The summed E-state index contributed by atoms with van der Waals surface area (Å²) in [5.41, 5.74) is 0. The number of amides is 1. The Kier molecular flexibility index (Phi) is 4.90. The van der Waals surface area contributed by atoms with Gasteiger partial charge in [-0.1, -0.05) is 23.7 Å². The summed E-state index contributed by atoms with van der Waals surface area (Å²) in [7, 11) is -3.76. The maximum Gasteiger partial charge on any atom is 0.243 e. The maximum atomic E-state index is 13.0. The lowest BCUT2D eigenvalue weighted by molar-refractivity contribution is -0.120. The van der Waals surface area contributed by atoms with E-state index in [0.717, 1.165) is 0 Å². The number of hydrogen-bond donors (Lipinski definition) is 1. The lowest BCUT2D eigenvalue weighted by atomic mass is 10.2. The van der Waals surface area contributed by atoms with Crippen molar-refractivity contribution in [2.75, 3.05) is 13.1 Å². The summed E-state index contributed by atoms with van der Waals surface area (Å²) in [6.45, 7) is 0.456. The number of sulfonamides is 1. The third kappa shape index (κ3) is 3.44. The number of carbonyl (C=O) groups excluding carboxylic acids is 1. The molecule has 3 rings (SSSR count). The standard InChI is InChI=1S/C16H15ClN4O3S/c17-13-9-19-8-11-2-1-3-14(16(11)13)25(23,24)21-7-5-12(10-21)20-15(22)4-6-18/h1-3,8-9,12H,4-5,7,10H2,(H,20,22)/t12-/m0/s1. The Labute approximate surface area is 150 Å². The number of halogens is 1. The fraction of sp³-hybridized carbons (Fsp3) is 0.312. The van der Waals surface area contributed by atoms with Crippen LogP contribution < -0.4 is 5.32 Å². The van der Waals surface area contributed by atoms with Gasteiger partial charge in [-0.15, -0.1) is 0 Å². The molecule has 9 heteroatoms. The molecule has 1 fully saturated rings. The van der Waals surface area contributed by atoms with Crippen LogP contribution >= 0.6 is 11.6 Å². The van der Waals surface area contributed by atoms with Crippen LogP contribution in [-0.2, 0) is 14.8 Å². The van der Waals surface area contributed by atoms with Gasteiger partial charge in [0.15, 0.2) is 0 Å². The summed E-state index contributed by atoms with van der Waals surface area (Å²) in [6.07, 6.45) is 3.23. The zero-order valence-electron chi connectivity index (χ0n) is 13.1. The average Bonchev–Trinajstić information content (AvgIpc) is 3.04. The minimum Gasteiger partial charge on any atom is -0.351 e. The fourth-order valence-electron chi connectivity index (χ4n) is 2.93. The molecule has 1 atom stereocenters. The van der Waals surface area contributed by atoms with E-state index in [1.165, 1.54) is 16.6 Å². The second kappa shape index (κ2) is 6.96. The van der Waals surface area contributed by atoms with Crippen molar-refractivity contribution in [2.24, 2.45) is 0 Å². The van der Waals surface area contributed by atoms with E-state index < -0.39 is 15.9 Å². The Bertz CT molecular complexity index is 966. The van der Waals surface area contributed by atoms with Crippen LogP contribution in [0.4, 0.5) is 0 Å². The van der Waals surface area contributed by atoms with Crippen molar-refractivity contribution in [1.82, 2.24) is 14.6 Å². The minimum absolute atomic E-state index is 0.126. The molecule has 130 valence electrons. The van der Waals surface area contributed by atoms with Gasteiger partial charge in [-0.3, -0.25) is 9.78 Å². The maximum absolute atomic E-state index is 13.0. The highest BCUT2D eigenvalue weighted by atomic mass is 35.5. The molecule has 25 heavy (non-hydrogen) atoms. The molecule has 0 aliphatic carbocycles. The highest BCUT2D eigenvalue weighted by molar-refractivity contribution is 7.89. The molecular formula is C16H15ClN4O3S. The number of benzene rings is 1. The summed E-state index contributed by atoms with van der Waals surface area (Å²) in [5.74, 6) is -0.397. The van der Waals surface area contributed by atoms with Gasteiger partial charge in [-0.2, -0.15) is 9.57 Å². The molecule has 0 spiro atoms. The largest absolute Gasteiger partial charge is 0.351 e. The average molecular weight is 379 g/mol. The molecule has 7 nitrogen and oxygen atoms in total. The highest BCUT2D eigenvalue weighted by Gasteiger charge is 2.34. The van der Waals surface area contributed by atoms with Crippen LogP contribution in [0.2, 0.25) is 5.02 Å². The van der Waals surface area contributed by atoms with Gasteiger partial charge in [0.1, 0.15) is 6.42 Å². The van der Waals surface area contributed by atoms with Gasteiger partial charge in [-0.05, 0) is 12.5 Å². The van der Waals surface area contributed by atoms with Crippen LogP contribution in [0.3, 0.4) is 0 Å². The first kappa shape index (κ1) is 17.6. The summed E-state index contributed by atoms with van der Waals surface area (Å²) >= 11 is 6.17. The van der Waals surface area contributed by atoms with Crippen molar-refractivity contribution in [2.45, 2.75) is 23.8 Å². The molecule has 2 heterocycles. The van der Waals surface area contributed by atoms with Gasteiger partial charge in [0.05, 0.1) is 16.0 Å². The summed E-state index contributed by atoms with van der Waals surface area (Å²) < 4.78 is 27.4. The SMILES string of the molecule is N#CCC(=O)N[C@H]1CCN(S(=O)(=O)c2cccc3cncc(Cl)c23)C1. The molecule has 1 aliphatic rings. The number of fused-ring (bicyclic) bond motifs is 1. The molecule has 1 aliphatic heterocycles. The van der Waals surface area contributed by atoms with Crippen molar-refractivity contribution in [3.63, 3.8) is 0 Å². The second-order valence-electron chi connectivity index (χ2n) is 5.73. The second-order valence-corrected chi connectivity index (χ2v) is 8.04. The number of rotatable bonds is 4. The van der Waals surface area contributed by atoms with E-state index in [-0.39, 0.29) is 28.9 Å². The smallest absolute Gasteiger partial charge is 0.243 e. The van der Waals surface area contributed by atoms with Crippen LogP contribution in [0.1, 0.15) is 12.8 Å². The van der Waals surface area contributed by atoms with E-state index in [2.05, 4.69) is 10.3 Å². The van der Waals surface area contributed by atoms with Gasteiger partial charge in [-0.25, -0.2) is 8.42 Å². The summed E-state index contributed by atoms with van der Waals surface area (Å²) in [4.78, 5) is 15.6. The lowest BCUT2D eigenvalue weighted by Crippen LogP contribution is -2.38. The Morgan fingerprint density at radius 1 is 1.44 bits per heavy atom. The van der Waals surface area contributed by atoms with Crippen LogP contribution in [0.15, 0.2) is 35.5 Å². The molecule has 1 saturated heterocycles. The Hall–Kier alpha value is -2.21. The number of hydrogen-bond acceptors (Lipinski definition) is 5.